The quantitative estimate of drug-likeness (QED) is 0.312. The van der Waals surface area contributed by atoms with Gasteiger partial charge >= 0.3 is 5.97 Å². The zero-order valence-corrected chi connectivity index (χ0v) is 8.63. The van der Waals surface area contributed by atoms with Crippen molar-refractivity contribution in [2.45, 2.75) is 37.8 Å². The number of Topliss-reactive ketones (excluding diaryl/α,β-unsaturated/α-hetero) is 1. The van der Waals surface area contributed by atoms with Crippen molar-refractivity contribution in [2.24, 2.45) is 0 Å². The summed E-state index contributed by atoms with van der Waals surface area (Å²) in [6.45, 7) is 3.30. The van der Waals surface area contributed by atoms with Gasteiger partial charge in [-0.1, -0.05) is 19.1 Å². The van der Waals surface area contributed by atoms with Crippen LogP contribution in [0.25, 0.3) is 0 Å². The molecule has 0 amide bonds. The smallest absolute Gasteiger partial charge is 0.352 e. The van der Waals surface area contributed by atoms with Gasteiger partial charge in [-0.25, -0.2) is 9.18 Å². The highest BCUT2D eigenvalue weighted by Crippen LogP contribution is 2.29. The molecule has 4 heteroatoms. The zero-order valence-electron chi connectivity index (χ0n) is 8.63. The summed E-state index contributed by atoms with van der Waals surface area (Å²) in [5.41, 5.74) is -2.42. The van der Waals surface area contributed by atoms with Gasteiger partial charge in [0.05, 0.1) is 0 Å². The highest BCUT2D eigenvalue weighted by atomic mass is 19.1. The van der Waals surface area contributed by atoms with E-state index in [1.54, 1.807) is 0 Å². The molecule has 0 N–H and O–H groups in total. The Kier molecular flexibility index (Phi) is 4.00. The molecule has 0 saturated heterocycles. The Labute approximate surface area is 88.3 Å². The Morgan fingerprint density at radius 2 is 2.27 bits per heavy atom. The first-order valence-corrected chi connectivity index (χ1v) is 5.11. The van der Waals surface area contributed by atoms with E-state index in [4.69, 9.17) is 0 Å². The van der Waals surface area contributed by atoms with Crippen LogP contribution < -0.4 is 0 Å². The zero-order chi connectivity index (χ0) is 11.3. The van der Waals surface area contributed by atoms with Gasteiger partial charge in [0.1, 0.15) is 6.61 Å². The van der Waals surface area contributed by atoms with Crippen LogP contribution in [0.2, 0.25) is 0 Å². The number of hydrogen-bond donors (Lipinski definition) is 0. The Morgan fingerprint density at radius 1 is 1.53 bits per heavy atom. The average molecular weight is 214 g/mol. The molecular weight excluding hydrogens is 199 g/mol. The number of alkyl halides is 1. The molecule has 0 spiro atoms. The Morgan fingerprint density at radius 3 is 2.93 bits per heavy atom. The summed E-state index contributed by atoms with van der Waals surface area (Å²) in [5.74, 6) is -1.71. The molecule has 1 rings (SSSR count). The number of rotatable bonds is 3. The van der Waals surface area contributed by atoms with Crippen molar-refractivity contribution in [1.82, 2.24) is 0 Å². The molecule has 0 aromatic heterocycles. The van der Waals surface area contributed by atoms with Crippen LogP contribution in [0.3, 0.4) is 0 Å². The molecule has 15 heavy (non-hydrogen) atoms. The third-order valence-corrected chi connectivity index (χ3v) is 2.52. The predicted octanol–water partition coefficient (Wildman–Crippen LogP) is 1.96. The fourth-order valence-electron chi connectivity index (χ4n) is 1.63. The maximum atomic E-state index is 14.1. The first-order chi connectivity index (χ1) is 7.11. The number of carbonyl (C=O) groups is 2. The minimum absolute atomic E-state index is 0.0538. The van der Waals surface area contributed by atoms with Crippen molar-refractivity contribution in [2.75, 3.05) is 6.61 Å². The lowest BCUT2D eigenvalue weighted by atomic mass is 9.95. The molecule has 1 atom stereocenters. The van der Waals surface area contributed by atoms with Gasteiger partial charge in [-0.3, -0.25) is 4.79 Å². The average Bonchev–Trinajstić information content (AvgIpc) is 2.39. The third kappa shape index (κ3) is 2.64. The predicted molar refractivity (Wildman–Crippen MR) is 53.1 cm³/mol. The van der Waals surface area contributed by atoms with Crippen LogP contribution in [0, 0.1) is 0 Å². The summed E-state index contributed by atoms with van der Waals surface area (Å²) in [7, 11) is 0. The number of carbonyl (C=O) groups excluding carboxylic acids is 2. The van der Waals surface area contributed by atoms with Crippen molar-refractivity contribution in [3.8, 4) is 0 Å². The summed E-state index contributed by atoms with van der Waals surface area (Å²) in [6, 6.07) is 0. The summed E-state index contributed by atoms with van der Waals surface area (Å²) >= 11 is 0. The Bertz CT molecular complexity index is 275. The van der Waals surface area contributed by atoms with E-state index in [-0.39, 0.29) is 19.4 Å². The fourth-order valence-corrected chi connectivity index (χ4v) is 1.63. The normalized spacial score (nSPS) is 26.9. The van der Waals surface area contributed by atoms with Crippen LogP contribution in [-0.2, 0) is 14.3 Å². The molecule has 0 radical (unpaired) electrons. The molecule has 3 nitrogen and oxygen atoms in total. The minimum atomic E-state index is -2.42. The number of esters is 1. The van der Waals surface area contributed by atoms with Crippen molar-refractivity contribution < 1.29 is 18.7 Å². The van der Waals surface area contributed by atoms with Gasteiger partial charge in [-0.05, 0) is 19.3 Å². The highest BCUT2D eigenvalue weighted by molar-refractivity contribution is 6.07. The van der Waals surface area contributed by atoms with E-state index in [1.807, 2.05) is 0 Å². The van der Waals surface area contributed by atoms with E-state index in [2.05, 4.69) is 11.3 Å². The second kappa shape index (κ2) is 5.05. The monoisotopic (exact) mass is 214 g/mol. The molecule has 1 fully saturated rings. The SMILES string of the molecule is C=CCOC(=O)C1(F)CCCCCC1=O. The van der Waals surface area contributed by atoms with Gasteiger partial charge < -0.3 is 4.74 Å². The molecule has 1 aliphatic carbocycles. The molecule has 0 heterocycles. The third-order valence-electron chi connectivity index (χ3n) is 2.52. The topological polar surface area (TPSA) is 43.4 Å². The van der Waals surface area contributed by atoms with Crippen LogP contribution in [0.4, 0.5) is 4.39 Å². The van der Waals surface area contributed by atoms with Crippen LogP contribution in [0.5, 0.6) is 0 Å². The number of ether oxygens (including phenoxy) is 1. The van der Waals surface area contributed by atoms with Gasteiger partial charge in [0.15, 0.2) is 5.78 Å². The van der Waals surface area contributed by atoms with Gasteiger partial charge in [0.2, 0.25) is 0 Å². The van der Waals surface area contributed by atoms with E-state index < -0.39 is 17.4 Å². The van der Waals surface area contributed by atoms with Crippen molar-refractivity contribution in [3.63, 3.8) is 0 Å². The van der Waals surface area contributed by atoms with Crippen LogP contribution in [0.1, 0.15) is 32.1 Å². The molecule has 1 aliphatic rings. The largest absolute Gasteiger partial charge is 0.459 e. The molecular formula is C11H15FO3. The van der Waals surface area contributed by atoms with Crippen molar-refractivity contribution >= 4 is 11.8 Å². The molecule has 0 aromatic carbocycles. The van der Waals surface area contributed by atoms with Gasteiger partial charge in [-0.2, -0.15) is 0 Å². The van der Waals surface area contributed by atoms with Gasteiger partial charge in [-0.15, -0.1) is 0 Å². The van der Waals surface area contributed by atoms with Crippen LogP contribution in [-0.4, -0.2) is 24.0 Å². The maximum Gasteiger partial charge on any atom is 0.352 e. The summed E-state index contributed by atoms with van der Waals surface area (Å²) < 4.78 is 18.7. The lowest BCUT2D eigenvalue weighted by Crippen LogP contribution is -2.42. The lowest BCUT2D eigenvalue weighted by Gasteiger charge is -2.19. The van der Waals surface area contributed by atoms with Crippen LogP contribution >= 0.6 is 0 Å². The molecule has 0 aromatic rings. The van der Waals surface area contributed by atoms with Gasteiger partial charge in [0.25, 0.3) is 5.67 Å². The van der Waals surface area contributed by atoms with E-state index in [9.17, 15) is 14.0 Å². The standard InChI is InChI=1S/C11H15FO3/c1-2-8-15-10(14)11(12)7-5-3-4-6-9(11)13/h2H,1,3-8H2. The Hall–Kier alpha value is -1.19. The lowest BCUT2D eigenvalue weighted by molar-refractivity contribution is -0.162. The summed E-state index contributed by atoms with van der Waals surface area (Å²) in [6.07, 6.45) is 3.40. The molecule has 1 unspecified atom stereocenters. The molecule has 1 saturated carbocycles. The number of hydrogen-bond acceptors (Lipinski definition) is 3. The fraction of sp³-hybridized carbons (Fsp3) is 0.636. The van der Waals surface area contributed by atoms with Crippen molar-refractivity contribution in [1.29, 1.82) is 0 Å². The van der Waals surface area contributed by atoms with Gasteiger partial charge in [0, 0.05) is 6.42 Å². The summed E-state index contributed by atoms with van der Waals surface area (Å²) in [4.78, 5) is 22.8. The first-order valence-electron chi connectivity index (χ1n) is 5.11. The number of ketones is 1. The first kappa shape index (κ1) is 11.9. The minimum Gasteiger partial charge on any atom is -0.459 e. The van der Waals surface area contributed by atoms with Crippen molar-refractivity contribution in [3.05, 3.63) is 12.7 Å². The highest BCUT2D eigenvalue weighted by Gasteiger charge is 2.47. The van der Waals surface area contributed by atoms with E-state index in [0.29, 0.717) is 12.8 Å². The number of halogens is 1. The van der Waals surface area contributed by atoms with E-state index >= 15 is 0 Å². The second-order valence-electron chi connectivity index (χ2n) is 3.67. The van der Waals surface area contributed by atoms with E-state index in [0.717, 1.165) is 6.42 Å². The maximum absolute atomic E-state index is 14.1. The second-order valence-corrected chi connectivity index (χ2v) is 3.67. The molecule has 0 bridgehead atoms. The van der Waals surface area contributed by atoms with E-state index in [1.165, 1.54) is 6.08 Å². The summed E-state index contributed by atoms with van der Waals surface area (Å²) in [5, 5.41) is 0. The van der Waals surface area contributed by atoms with Crippen LogP contribution in [0.15, 0.2) is 12.7 Å². The Balaban J connectivity index is 2.71. The molecule has 0 aliphatic heterocycles. The molecule has 84 valence electrons.